The highest BCUT2D eigenvalue weighted by molar-refractivity contribution is 6.35. The van der Waals surface area contributed by atoms with E-state index in [0.717, 1.165) is 31.2 Å². The fourth-order valence-corrected chi connectivity index (χ4v) is 3.50. The number of ketones is 1. The van der Waals surface area contributed by atoms with Crippen LogP contribution in [0, 0.1) is 5.41 Å². The number of nitrogens with two attached hydrogens (primary N) is 1. The zero-order valence-electron chi connectivity index (χ0n) is 11.6. The van der Waals surface area contributed by atoms with Gasteiger partial charge in [-0.25, -0.2) is 0 Å². The summed E-state index contributed by atoms with van der Waals surface area (Å²) in [5, 5.41) is 1.15. The molecule has 1 saturated carbocycles. The summed E-state index contributed by atoms with van der Waals surface area (Å²) in [5.41, 5.74) is 6.45. The molecule has 0 aliphatic heterocycles. The Kier molecular flexibility index (Phi) is 5.48. The molecule has 2 nitrogen and oxygen atoms in total. The first kappa shape index (κ1) is 15.8. The van der Waals surface area contributed by atoms with Crippen LogP contribution in [0.5, 0.6) is 0 Å². The number of hydrogen-bond acceptors (Lipinski definition) is 2. The van der Waals surface area contributed by atoms with Gasteiger partial charge in [0.1, 0.15) is 5.78 Å². The van der Waals surface area contributed by atoms with E-state index in [1.54, 1.807) is 12.1 Å². The van der Waals surface area contributed by atoms with Crippen molar-refractivity contribution in [2.24, 2.45) is 11.1 Å². The lowest BCUT2D eigenvalue weighted by Gasteiger charge is -2.30. The Morgan fingerprint density at radius 3 is 2.35 bits per heavy atom. The van der Waals surface area contributed by atoms with Crippen molar-refractivity contribution in [2.45, 2.75) is 44.9 Å². The van der Waals surface area contributed by atoms with Crippen molar-refractivity contribution in [1.82, 2.24) is 0 Å². The molecule has 110 valence electrons. The highest BCUT2D eigenvalue weighted by Crippen LogP contribution is 2.36. The van der Waals surface area contributed by atoms with Crippen LogP contribution in [-0.2, 0) is 11.2 Å². The van der Waals surface area contributed by atoms with Crippen molar-refractivity contribution in [2.75, 3.05) is 6.54 Å². The van der Waals surface area contributed by atoms with E-state index < -0.39 is 0 Å². The van der Waals surface area contributed by atoms with Gasteiger partial charge in [-0.05, 0) is 30.5 Å². The number of hydrogen-bond donors (Lipinski definition) is 1. The smallest absolute Gasteiger partial charge is 0.144 e. The SMILES string of the molecule is NCC1(C(=O)Cc2ccc(Cl)cc2Cl)CCCCCC1. The number of rotatable bonds is 4. The maximum Gasteiger partial charge on any atom is 0.144 e. The fraction of sp³-hybridized carbons (Fsp3) is 0.562. The van der Waals surface area contributed by atoms with Gasteiger partial charge in [0.25, 0.3) is 0 Å². The van der Waals surface area contributed by atoms with Gasteiger partial charge in [0.2, 0.25) is 0 Å². The molecule has 20 heavy (non-hydrogen) atoms. The standard InChI is InChI=1S/C16H21Cl2NO/c17-13-6-5-12(14(18)10-13)9-15(20)16(11-19)7-3-1-2-4-8-16/h5-6,10H,1-4,7-9,11,19H2. The molecular weight excluding hydrogens is 293 g/mol. The average molecular weight is 314 g/mol. The predicted molar refractivity (Wildman–Crippen MR) is 84.4 cm³/mol. The van der Waals surface area contributed by atoms with Crippen LogP contribution in [-0.4, -0.2) is 12.3 Å². The quantitative estimate of drug-likeness (QED) is 0.837. The second-order valence-electron chi connectivity index (χ2n) is 5.73. The Bertz CT molecular complexity index is 479. The van der Waals surface area contributed by atoms with E-state index in [2.05, 4.69) is 0 Å². The average Bonchev–Trinajstić information content (AvgIpc) is 2.68. The van der Waals surface area contributed by atoms with E-state index in [9.17, 15) is 4.79 Å². The summed E-state index contributed by atoms with van der Waals surface area (Å²) in [6.07, 6.45) is 6.77. The Labute approximate surface area is 130 Å². The highest BCUT2D eigenvalue weighted by Gasteiger charge is 2.36. The van der Waals surface area contributed by atoms with Crippen molar-refractivity contribution in [3.63, 3.8) is 0 Å². The maximum atomic E-state index is 12.7. The van der Waals surface area contributed by atoms with Gasteiger partial charge in [0, 0.05) is 28.4 Å². The monoisotopic (exact) mass is 313 g/mol. The van der Waals surface area contributed by atoms with Crippen LogP contribution in [0.25, 0.3) is 0 Å². The van der Waals surface area contributed by atoms with Crippen LogP contribution in [0.15, 0.2) is 18.2 Å². The molecule has 0 atom stereocenters. The Balaban J connectivity index is 2.16. The summed E-state index contributed by atoms with van der Waals surface area (Å²) in [5.74, 6) is 0.228. The molecule has 0 heterocycles. The van der Waals surface area contributed by atoms with E-state index in [0.29, 0.717) is 23.0 Å². The van der Waals surface area contributed by atoms with Gasteiger partial charge in [-0.1, -0.05) is 55.0 Å². The van der Waals surface area contributed by atoms with E-state index in [1.807, 2.05) is 6.07 Å². The first-order valence-electron chi connectivity index (χ1n) is 7.25. The van der Waals surface area contributed by atoms with Gasteiger partial charge < -0.3 is 5.73 Å². The van der Waals surface area contributed by atoms with Gasteiger partial charge >= 0.3 is 0 Å². The molecule has 4 heteroatoms. The zero-order chi connectivity index (χ0) is 14.6. The summed E-state index contributed by atoms with van der Waals surface area (Å²) in [6, 6.07) is 5.30. The molecule has 1 aromatic carbocycles. The summed E-state index contributed by atoms with van der Waals surface area (Å²) in [4.78, 5) is 12.7. The molecule has 1 fully saturated rings. The van der Waals surface area contributed by atoms with Gasteiger partial charge in [0.05, 0.1) is 0 Å². The molecule has 0 radical (unpaired) electrons. The number of carbonyl (C=O) groups excluding carboxylic acids is 1. The second-order valence-corrected chi connectivity index (χ2v) is 6.58. The van der Waals surface area contributed by atoms with Crippen LogP contribution in [0.3, 0.4) is 0 Å². The summed E-state index contributed by atoms with van der Waals surface area (Å²) >= 11 is 12.1. The summed E-state index contributed by atoms with van der Waals surface area (Å²) < 4.78 is 0. The normalized spacial score (nSPS) is 18.6. The minimum absolute atomic E-state index is 0.228. The van der Waals surface area contributed by atoms with E-state index in [4.69, 9.17) is 28.9 Å². The number of Topliss-reactive ketones (excluding diaryl/α,β-unsaturated/α-hetero) is 1. The highest BCUT2D eigenvalue weighted by atomic mass is 35.5. The van der Waals surface area contributed by atoms with Gasteiger partial charge in [-0.2, -0.15) is 0 Å². The molecule has 0 bridgehead atoms. The molecule has 2 N–H and O–H groups in total. The fourth-order valence-electron chi connectivity index (χ4n) is 3.03. The van der Waals surface area contributed by atoms with Crippen molar-refractivity contribution < 1.29 is 4.79 Å². The van der Waals surface area contributed by atoms with Crippen molar-refractivity contribution in [1.29, 1.82) is 0 Å². The van der Waals surface area contributed by atoms with E-state index >= 15 is 0 Å². The molecular formula is C16H21Cl2NO. The van der Waals surface area contributed by atoms with Gasteiger partial charge in [0.15, 0.2) is 0 Å². The minimum Gasteiger partial charge on any atom is -0.329 e. The molecule has 0 saturated heterocycles. The number of halogens is 2. The molecule has 1 aromatic rings. The molecule has 2 rings (SSSR count). The molecule has 0 spiro atoms. The largest absolute Gasteiger partial charge is 0.329 e. The molecule has 0 amide bonds. The lowest BCUT2D eigenvalue weighted by Crippen LogP contribution is -2.39. The summed E-state index contributed by atoms with van der Waals surface area (Å²) in [6.45, 7) is 0.442. The van der Waals surface area contributed by atoms with Crippen LogP contribution in [0.2, 0.25) is 10.0 Å². The molecule has 1 aliphatic rings. The van der Waals surface area contributed by atoms with Crippen LogP contribution < -0.4 is 5.73 Å². The van der Waals surface area contributed by atoms with Gasteiger partial charge in [-0.3, -0.25) is 4.79 Å². The second kappa shape index (κ2) is 6.93. The number of carbonyl (C=O) groups is 1. The predicted octanol–water partition coefficient (Wildman–Crippen LogP) is 4.40. The first-order valence-corrected chi connectivity index (χ1v) is 8.00. The Hall–Kier alpha value is -0.570. The van der Waals surface area contributed by atoms with E-state index in [-0.39, 0.29) is 11.2 Å². The molecule has 1 aliphatic carbocycles. The van der Waals surface area contributed by atoms with Crippen molar-refractivity contribution >= 4 is 29.0 Å². The van der Waals surface area contributed by atoms with Crippen LogP contribution >= 0.6 is 23.2 Å². The third-order valence-corrected chi connectivity index (χ3v) is 5.00. The first-order chi connectivity index (χ1) is 9.57. The molecule has 0 aromatic heterocycles. The van der Waals surface area contributed by atoms with Crippen LogP contribution in [0.4, 0.5) is 0 Å². The van der Waals surface area contributed by atoms with Gasteiger partial charge in [-0.15, -0.1) is 0 Å². The maximum absolute atomic E-state index is 12.7. The Morgan fingerprint density at radius 2 is 1.80 bits per heavy atom. The lowest BCUT2D eigenvalue weighted by molar-refractivity contribution is -0.128. The van der Waals surface area contributed by atoms with Crippen molar-refractivity contribution in [3.05, 3.63) is 33.8 Å². The van der Waals surface area contributed by atoms with Crippen molar-refractivity contribution in [3.8, 4) is 0 Å². The topological polar surface area (TPSA) is 43.1 Å². The minimum atomic E-state index is -0.348. The lowest BCUT2D eigenvalue weighted by atomic mass is 9.75. The van der Waals surface area contributed by atoms with E-state index in [1.165, 1.54) is 12.8 Å². The summed E-state index contributed by atoms with van der Waals surface area (Å²) in [7, 11) is 0. The van der Waals surface area contributed by atoms with Crippen LogP contribution in [0.1, 0.15) is 44.1 Å². The third-order valence-electron chi connectivity index (χ3n) is 4.41. The zero-order valence-corrected chi connectivity index (χ0v) is 13.1. The number of benzene rings is 1. The third kappa shape index (κ3) is 3.55. The Morgan fingerprint density at radius 1 is 1.15 bits per heavy atom. The molecule has 0 unspecified atom stereocenters.